The molecule has 0 heterocycles. The molecule has 3 rings (SSSR count). The van der Waals surface area contributed by atoms with Crippen LogP contribution >= 0.6 is 0 Å². The van der Waals surface area contributed by atoms with Crippen molar-refractivity contribution in [3.63, 3.8) is 0 Å². The maximum absolute atomic E-state index is 12.5. The average Bonchev–Trinajstić information content (AvgIpc) is 2.76. The number of nitrogens with one attached hydrogen (secondary N) is 2. The van der Waals surface area contributed by atoms with E-state index in [1.165, 1.54) is 13.3 Å². The van der Waals surface area contributed by atoms with Gasteiger partial charge < -0.3 is 14.8 Å². The second-order valence-corrected chi connectivity index (χ2v) is 6.09. The van der Waals surface area contributed by atoms with Crippen LogP contribution in [-0.2, 0) is 4.79 Å². The van der Waals surface area contributed by atoms with Gasteiger partial charge in [-0.15, -0.1) is 0 Å². The Morgan fingerprint density at radius 3 is 2.52 bits per heavy atom. The second-order valence-electron chi connectivity index (χ2n) is 6.09. The highest BCUT2D eigenvalue weighted by molar-refractivity contribution is 6.07. The Bertz CT molecular complexity index is 1060. The van der Waals surface area contributed by atoms with Gasteiger partial charge in [-0.05, 0) is 29.0 Å². The van der Waals surface area contributed by atoms with Gasteiger partial charge in [0.1, 0.15) is 0 Å². The van der Waals surface area contributed by atoms with Crippen molar-refractivity contribution in [3.8, 4) is 11.5 Å². The van der Waals surface area contributed by atoms with Gasteiger partial charge in [0, 0.05) is 11.1 Å². The lowest BCUT2D eigenvalue weighted by atomic mass is 10.0. The Hall–Kier alpha value is -3.87. The third-order valence-corrected chi connectivity index (χ3v) is 4.27. The SMILES string of the molecule is COc1cccc(/C=N/NC(=O)CNC(=O)c2cccc3ccccc23)c1OC. The number of fused-ring (bicyclic) bond motifs is 1. The van der Waals surface area contributed by atoms with Gasteiger partial charge in [0.05, 0.1) is 27.0 Å². The van der Waals surface area contributed by atoms with Crippen LogP contribution < -0.4 is 20.2 Å². The van der Waals surface area contributed by atoms with Crippen LogP contribution in [-0.4, -0.2) is 38.8 Å². The zero-order chi connectivity index (χ0) is 20.6. The highest BCUT2D eigenvalue weighted by atomic mass is 16.5. The van der Waals surface area contributed by atoms with E-state index in [4.69, 9.17) is 9.47 Å². The number of para-hydroxylation sites is 1. The second kappa shape index (κ2) is 9.36. The van der Waals surface area contributed by atoms with Crippen molar-refractivity contribution in [1.29, 1.82) is 0 Å². The van der Waals surface area contributed by atoms with Crippen molar-refractivity contribution in [1.82, 2.24) is 10.7 Å². The van der Waals surface area contributed by atoms with Gasteiger partial charge in [-0.2, -0.15) is 5.10 Å². The standard InChI is InChI=1S/C22H21N3O4/c1-28-19-12-6-9-16(21(19)29-2)13-24-25-20(26)14-23-22(27)18-11-5-8-15-7-3-4-10-17(15)18/h3-13H,14H2,1-2H3,(H,23,27)(H,25,26)/b24-13+. The topological polar surface area (TPSA) is 89.0 Å². The third kappa shape index (κ3) is 4.70. The average molecular weight is 391 g/mol. The number of carbonyl (C=O) groups excluding carboxylic acids is 2. The van der Waals surface area contributed by atoms with Gasteiger partial charge in [0.15, 0.2) is 11.5 Å². The summed E-state index contributed by atoms with van der Waals surface area (Å²) in [5, 5.41) is 8.31. The maximum atomic E-state index is 12.5. The molecular weight excluding hydrogens is 370 g/mol. The summed E-state index contributed by atoms with van der Waals surface area (Å²) in [7, 11) is 3.07. The molecule has 0 saturated carbocycles. The first-order valence-electron chi connectivity index (χ1n) is 8.93. The largest absolute Gasteiger partial charge is 0.493 e. The van der Waals surface area contributed by atoms with E-state index in [0.717, 1.165) is 10.8 Å². The number of benzene rings is 3. The van der Waals surface area contributed by atoms with Crippen molar-refractivity contribution in [2.75, 3.05) is 20.8 Å². The number of hydrogen-bond donors (Lipinski definition) is 2. The van der Waals surface area contributed by atoms with Crippen molar-refractivity contribution in [2.45, 2.75) is 0 Å². The molecule has 0 bridgehead atoms. The zero-order valence-corrected chi connectivity index (χ0v) is 16.1. The summed E-state index contributed by atoms with van der Waals surface area (Å²) < 4.78 is 10.5. The van der Waals surface area contributed by atoms with Crippen LogP contribution in [0.4, 0.5) is 0 Å². The van der Waals surface area contributed by atoms with E-state index in [2.05, 4.69) is 15.8 Å². The van der Waals surface area contributed by atoms with E-state index >= 15 is 0 Å². The Balaban J connectivity index is 1.59. The maximum Gasteiger partial charge on any atom is 0.259 e. The molecule has 0 saturated heterocycles. The molecule has 0 aliphatic carbocycles. The van der Waals surface area contributed by atoms with Crippen molar-refractivity contribution >= 4 is 28.8 Å². The monoisotopic (exact) mass is 391 g/mol. The number of ether oxygens (including phenoxy) is 2. The number of hydrazone groups is 1. The number of methoxy groups -OCH3 is 2. The number of hydrogen-bond acceptors (Lipinski definition) is 5. The van der Waals surface area contributed by atoms with Crippen LogP contribution in [0, 0.1) is 0 Å². The van der Waals surface area contributed by atoms with E-state index in [9.17, 15) is 9.59 Å². The lowest BCUT2D eigenvalue weighted by Crippen LogP contribution is -2.35. The van der Waals surface area contributed by atoms with Crippen molar-refractivity contribution in [2.24, 2.45) is 5.10 Å². The van der Waals surface area contributed by atoms with Crippen LogP contribution in [0.5, 0.6) is 11.5 Å². The van der Waals surface area contributed by atoms with E-state index in [1.54, 1.807) is 31.4 Å². The summed E-state index contributed by atoms with van der Waals surface area (Å²) in [6, 6.07) is 18.4. The minimum Gasteiger partial charge on any atom is -0.493 e. The van der Waals surface area contributed by atoms with E-state index in [-0.39, 0.29) is 12.5 Å². The highest BCUT2D eigenvalue weighted by Gasteiger charge is 2.11. The quantitative estimate of drug-likeness (QED) is 0.479. The van der Waals surface area contributed by atoms with Crippen LogP contribution in [0.1, 0.15) is 15.9 Å². The normalized spacial score (nSPS) is 10.7. The van der Waals surface area contributed by atoms with E-state index < -0.39 is 5.91 Å². The molecule has 0 aliphatic heterocycles. The van der Waals surface area contributed by atoms with Gasteiger partial charge in [-0.25, -0.2) is 5.43 Å². The van der Waals surface area contributed by atoms with Gasteiger partial charge in [0.25, 0.3) is 11.8 Å². The molecule has 0 spiro atoms. The molecular formula is C22H21N3O4. The summed E-state index contributed by atoms with van der Waals surface area (Å²) in [6.07, 6.45) is 1.45. The Morgan fingerprint density at radius 1 is 0.966 bits per heavy atom. The number of rotatable bonds is 7. The molecule has 2 amide bonds. The molecule has 0 radical (unpaired) electrons. The minimum absolute atomic E-state index is 0.200. The molecule has 3 aromatic carbocycles. The molecule has 0 unspecified atom stereocenters. The van der Waals surface area contributed by atoms with Crippen LogP contribution in [0.15, 0.2) is 65.8 Å². The lowest BCUT2D eigenvalue weighted by molar-refractivity contribution is -0.120. The Labute approximate surface area is 168 Å². The first kappa shape index (κ1) is 19.9. The minimum atomic E-state index is -0.448. The van der Waals surface area contributed by atoms with Gasteiger partial charge in [-0.1, -0.05) is 42.5 Å². The number of nitrogens with zero attached hydrogens (tertiary/aromatic N) is 1. The Kier molecular flexibility index (Phi) is 6.42. The molecule has 7 nitrogen and oxygen atoms in total. The molecule has 0 aromatic heterocycles. The third-order valence-electron chi connectivity index (χ3n) is 4.27. The van der Waals surface area contributed by atoms with Gasteiger partial charge >= 0.3 is 0 Å². The smallest absolute Gasteiger partial charge is 0.259 e. The lowest BCUT2D eigenvalue weighted by Gasteiger charge is -2.09. The van der Waals surface area contributed by atoms with Crippen molar-refractivity contribution < 1.29 is 19.1 Å². The molecule has 7 heteroatoms. The zero-order valence-electron chi connectivity index (χ0n) is 16.1. The highest BCUT2D eigenvalue weighted by Crippen LogP contribution is 2.29. The number of carbonyl (C=O) groups is 2. The summed E-state index contributed by atoms with van der Waals surface area (Å²) >= 11 is 0. The Morgan fingerprint density at radius 2 is 1.72 bits per heavy atom. The number of amides is 2. The molecule has 3 aromatic rings. The summed E-state index contributed by atoms with van der Waals surface area (Å²) in [4.78, 5) is 24.5. The predicted molar refractivity (Wildman–Crippen MR) is 112 cm³/mol. The first-order chi connectivity index (χ1) is 14.1. The fourth-order valence-corrected chi connectivity index (χ4v) is 2.91. The van der Waals surface area contributed by atoms with Crippen LogP contribution in [0.2, 0.25) is 0 Å². The van der Waals surface area contributed by atoms with Crippen LogP contribution in [0.25, 0.3) is 10.8 Å². The van der Waals surface area contributed by atoms with Gasteiger partial charge in [-0.3, -0.25) is 9.59 Å². The van der Waals surface area contributed by atoms with E-state index in [0.29, 0.717) is 22.6 Å². The van der Waals surface area contributed by atoms with E-state index in [1.807, 2.05) is 36.4 Å². The first-order valence-corrected chi connectivity index (χ1v) is 8.93. The molecule has 0 aliphatic rings. The summed E-state index contributed by atoms with van der Waals surface area (Å²) in [5.74, 6) is 0.300. The molecule has 2 N–H and O–H groups in total. The van der Waals surface area contributed by atoms with Gasteiger partial charge in [0.2, 0.25) is 0 Å². The van der Waals surface area contributed by atoms with Crippen molar-refractivity contribution in [3.05, 3.63) is 71.8 Å². The predicted octanol–water partition coefficient (Wildman–Crippen LogP) is 2.74. The fourth-order valence-electron chi connectivity index (χ4n) is 2.91. The fraction of sp³-hybridized carbons (Fsp3) is 0.136. The molecule has 148 valence electrons. The molecule has 29 heavy (non-hydrogen) atoms. The summed E-state index contributed by atoms with van der Waals surface area (Å²) in [5.41, 5.74) is 3.54. The molecule has 0 atom stereocenters. The summed E-state index contributed by atoms with van der Waals surface area (Å²) in [6.45, 7) is -0.200. The van der Waals surface area contributed by atoms with Crippen LogP contribution in [0.3, 0.4) is 0 Å². The molecule has 0 fully saturated rings.